The zero-order valence-electron chi connectivity index (χ0n) is 11.9. The summed E-state index contributed by atoms with van der Waals surface area (Å²) in [5, 5.41) is 10.6. The summed E-state index contributed by atoms with van der Waals surface area (Å²) in [6, 6.07) is 8.12. The molecule has 1 N–H and O–H groups in total. The maximum Gasteiger partial charge on any atom is 0.252 e. The van der Waals surface area contributed by atoms with Gasteiger partial charge in [0.2, 0.25) is 5.13 Å². The van der Waals surface area contributed by atoms with Gasteiger partial charge in [-0.25, -0.2) is 8.42 Å². The van der Waals surface area contributed by atoms with Crippen molar-refractivity contribution in [1.29, 1.82) is 0 Å². The van der Waals surface area contributed by atoms with Crippen LogP contribution in [-0.2, 0) is 25.1 Å². The standard InChI is InChI=1S/C13H15N3O4S2/c1-2-20-8-11(17)14-13-16-15-12(21-13)9-22(18,19)10-6-4-3-5-7-10/h3-7H,2,8-9H2,1H3,(H,14,16,17). The van der Waals surface area contributed by atoms with E-state index in [0.717, 1.165) is 11.3 Å². The molecule has 0 atom stereocenters. The molecular weight excluding hydrogens is 326 g/mol. The molecule has 0 unspecified atom stereocenters. The summed E-state index contributed by atoms with van der Waals surface area (Å²) in [6.45, 7) is 2.14. The molecule has 7 nitrogen and oxygen atoms in total. The van der Waals surface area contributed by atoms with Crippen LogP contribution in [0.2, 0.25) is 0 Å². The Labute approximate surface area is 132 Å². The molecule has 1 aromatic heterocycles. The van der Waals surface area contributed by atoms with Gasteiger partial charge in [0.25, 0.3) is 5.91 Å². The summed E-state index contributed by atoms with van der Waals surface area (Å²) in [5.74, 6) is -0.605. The van der Waals surface area contributed by atoms with Gasteiger partial charge in [-0.3, -0.25) is 10.1 Å². The Bertz CT molecular complexity index is 729. The summed E-state index contributed by atoms with van der Waals surface area (Å²) in [4.78, 5) is 11.7. The van der Waals surface area contributed by atoms with Gasteiger partial charge < -0.3 is 4.74 Å². The number of benzene rings is 1. The number of nitrogens with zero attached hydrogens (tertiary/aromatic N) is 2. The minimum Gasteiger partial charge on any atom is -0.372 e. The molecule has 1 heterocycles. The maximum absolute atomic E-state index is 12.2. The fourth-order valence-electron chi connectivity index (χ4n) is 1.59. The summed E-state index contributed by atoms with van der Waals surface area (Å²) in [7, 11) is -3.47. The quantitative estimate of drug-likeness (QED) is 0.819. The Morgan fingerprint density at radius 1 is 1.27 bits per heavy atom. The number of anilines is 1. The Morgan fingerprint density at radius 2 is 2.00 bits per heavy atom. The number of rotatable bonds is 7. The third-order valence-electron chi connectivity index (χ3n) is 2.57. The topological polar surface area (TPSA) is 98.2 Å². The number of ether oxygens (including phenoxy) is 1. The lowest BCUT2D eigenvalue weighted by atomic mass is 10.4. The van der Waals surface area contributed by atoms with E-state index in [2.05, 4.69) is 15.5 Å². The van der Waals surface area contributed by atoms with Gasteiger partial charge in [0.15, 0.2) is 9.84 Å². The number of carbonyl (C=O) groups is 1. The smallest absolute Gasteiger partial charge is 0.252 e. The van der Waals surface area contributed by atoms with Crippen molar-refractivity contribution in [1.82, 2.24) is 10.2 Å². The SMILES string of the molecule is CCOCC(=O)Nc1nnc(CS(=O)(=O)c2ccccc2)s1. The van der Waals surface area contributed by atoms with Crippen molar-refractivity contribution in [2.45, 2.75) is 17.6 Å². The lowest BCUT2D eigenvalue weighted by Gasteiger charge is -2.01. The second kappa shape index (κ2) is 7.43. The van der Waals surface area contributed by atoms with Gasteiger partial charge in [0.1, 0.15) is 17.4 Å². The van der Waals surface area contributed by atoms with Gasteiger partial charge in [0.05, 0.1) is 4.90 Å². The van der Waals surface area contributed by atoms with Crippen LogP contribution >= 0.6 is 11.3 Å². The molecule has 0 bridgehead atoms. The number of hydrogen-bond donors (Lipinski definition) is 1. The van der Waals surface area contributed by atoms with Crippen LogP contribution in [0.1, 0.15) is 11.9 Å². The minimum atomic E-state index is -3.47. The van der Waals surface area contributed by atoms with Crippen LogP contribution in [-0.4, -0.2) is 37.7 Å². The van der Waals surface area contributed by atoms with Crippen molar-refractivity contribution in [3.8, 4) is 0 Å². The largest absolute Gasteiger partial charge is 0.372 e. The third kappa shape index (κ3) is 4.58. The van der Waals surface area contributed by atoms with Crippen molar-refractivity contribution in [3.05, 3.63) is 35.3 Å². The van der Waals surface area contributed by atoms with E-state index in [9.17, 15) is 13.2 Å². The number of sulfone groups is 1. The van der Waals surface area contributed by atoms with Crippen LogP contribution in [0.25, 0.3) is 0 Å². The van der Waals surface area contributed by atoms with Crippen molar-refractivity contribution < 1.29 is 17.9 Å². The fraction of sp³-hybridized carbons (Fsp3) is 0.308. The molecule has 0 saturated heterocycles. The number of aromatic nitrogens is 2. The van der Waals surface area contributed by atoms with E-state index in [1.165, 1.54) is 12.1 Å². The first kappa shape index (κ1) is 16.5. The van der Waals surface area contributed by atoms with Crippen LogP contribution in [0.15, 0.2) is 35.2 Å². The van der Waals surface area contributed by atoms with Crippen molar-refractivity contribution in [3.63, 3.8) is 0 Å². The van der Waals surface area contributed by atoms with E-state index < -0.39 is 9.84 Å². The Balaban J connectivity index is 2.02. The highest BCUT2D eigenvalue weighted by atomic mass is 32.2. The van der Waals surface area contributed by atoms with Gasteiger partial charge in [-0.15, -0.1) is 10.2 Å². The van der Waals surface area contributed by atoms with Crippen LogP contribution < -0.4 is 5.32 Å². The van der Waals surface area contributed by atoms with Gasteiger partial charge in [-0.05, 0) is 19.1 Å². The third-order valence-corrected chi connectivity index (χ3v) is 5.23. The van der Waals surface area contributed by atoms with E-state index in [1.54, 1.807) is 25.1 Å². The molecule has 118 valence electrons. The average Bonchev–Trinajstić information content (AvgIpc) is 2.92. The minimum absolute atomic E-state index is 0.0757. The molecule has 0 aliphatic carbocycles. The molecule has 0 fully saturated rings. The van der Waals surface area contributed by atoms with Gasteiger partial charge in [-0.2, -0.15) is 0 Å². The highest BCUT2D eigenvalue weighted by Crippen LogP contribution is 2.21. The molecule has 0 aliphatic heterocycles. The molecule has 1 amide bonds. The molecule has 0 spiro atoms. The van der Waals surface area contributed by atoms with E-state index >= 15 is 0 Å². The lowest BCUT2D eigenvalue weighted by Crippen LogP contribution is -2.17. The first-order valence-electron chi connectivity index (χ1n) is 6.49. The average molecular weight is 341 g/mol. The second-order valence-electron chi connectivity index (χ2n) is 4.26. The molecule has 0 radical (unpaired) electrons. The molecule has 0 aliphatic rings. The zero-order valence-corrected chi connectivity index (χ0v) is 13.5. The lowest BCUT2D eigenvalue weighted by molar-refractivity contribution is -0.120. The first-order valence-corrected chi connectivity index (χ1v) is 8.96. The normalized spacial score (nSPS) is 11.3. The highest BCUT2D eigenvalue weighted by Gasteiger charge is 2.18. The molecule has 2 rings (SSSR count). The zero-order chi connectivity index (χ0) is 16.0. The summed E-state index contributed by atoms with van der Waals surface area (Å²) in [6.07, 6.45) is 0. The molecule has 2 aromatic rings. The van der Waals surface area contributed by atoms with Crippen LogP contribution in [0.4, 0.5) is 5.13 Å². The van der Waals surface area contributed by atoms with Gasteiger partial charge in [-0.1, -0.05) is 29.5 Å². The number of amides is 1. The van der Waals surface area contributed by atoms with E-state index in [1.807, 2.05) is 0 Å². The van der Waals surface area contributed by atoms with Crippen LogP contribution in [0.3, 0.4) is 0 Å². The second-order valence-corrected chi connectivity index (χ2v) is 7.31. The van der Waals surface area contributed by atoms with Crippen LogP contribution in [0, 0.1) is 0 Å². The van der Waals surface area contributed by atoms with Crippen molar-refractivity contribution in [2.24, 2.45) is 0 Å². The Kier molecular flexibility index (Phi) is 5.58. The van der Waals surface area contributed by atoms with E-state index in [-0.39, 0.29) is 28.3 Å². The Hall–Kier alpha value is -1.84. The fourth-order valence-corrected chi connectivity index (χ4v) is 3.96. The summed E-state index contributed by atoms with van der Waals surface area (Å²) in [5.41, 5.74) is 0. The van der Waals surface area contributed by atoms with Crippen molar-refractivity contribution in [2.75, 3.05) is 18.5 Å². The predicted molar refractivity (Wildman–Crippen MR) is 82.4 cm³/mol. The first-order chi connectivity index (χ1) is 10.5. The monoisotopic (exact) mass is 341 g/mol. The highest BCUT2D eigenvalue weighted by molar-refractivity contribution is 7.90. The number of hydrogen-bond acceptors (Lipinski definition) is 7. The van der Waals surface area contributed by atoms with Crippen LogP contribution in [0.5, 0.6) is 0 Å². The number of nitrogens with one attached hydrogen (secondary N) is 1. The molecular formula is C13H15N3O4S2. The Morgan fingerprint density at radius 3 is 2.68 bits per heavy atom. The van der Waals surface area contributed by atoms with E-state index in [4.69, 9.17) is 4.74 Å². The maximum atomic E-state index is 12.2. The van der Waals surface area contributed by atoms with Crippen molar-refractivity contribution >= 4 is 32.2 Å². The molecule has 22 heavy (non-hydrogen) atoms. The predicted octanol–water partition coefficient (Wildman–Crippen LogP) is 1.49. The van der Waals surface area contributed by atoms with Gasteiger partial charge in [0, 0.05) is 6.61 Å². The molecule has 0 saturated carbocycles. The van der Waals surface area contributed by atoms with E-state index in [0.29, 0.717) is 11.6 Å². The summed E-state index contributed by atoms with van der Waals surface area (Å²) < 4.78 is 29.4. The molecule has 9 heteroatoms. The number of carbonyl (C=O) groups excluding carboxylic acids is 1. The van der Waals surface area contributed by atoms with Gasteiger partial charge >= 0.3 is 0 Å². The molecule has 1 aromatic carbocycles. The summed E-state index contributed by atoms with van der Waals surface area (Å²) >= 11 is 1.03.